The third-order valence-electron chi connectivity index (χ3n) is 4.48. The first-order valence-electron chi connectivity index (χ1n) is 6.56. The molecule has 0 unspecified atom stereocenters. The van der Waals surface area contributed by atoms with Crippen LogP contribution in [0.25, 0.3) is 0 Å². The van der Waals surface area contributed by atoms with E-state index in [1.807, 2.05) is 7.05 Å². The standard InChI is InChI=1S/C14H21N3/c1-15-13-4-3-11-9-14(10-12(11)16-13)5-7-17(2)8-6-14/h3-4H,5-10H2,1-2H3,(H,15,16). The number of piperidine rings is 1. The molecule has 2 aliphatic rings. The third-order valence-corrected chi connectivity index (χ3v) is 4.48. The van der Waals surface area contributed by atoms with Gasteiger partial charge in [-0.2, -0.15) is 0 Å². The maximum Gasteiger partial charge on any atom is 0.125 e. The number of hydrogen-bond acceptors (Lipinski definition) is 3. The van der Waals surface area contributed by atoms with E-state index in [4.69, 9.17) is 4.98 Å². The van der Waals surface area contributed by atoms with E-state index in [0.29, 0.717) is 5.41 Å². The number of nitrogens with one attached hydrogen (secondary N) is 1. The molecular weight excluding hydrogens is 210 g/mol. The summed E-state index contributed by atoms with van der Waals surface area (Å²) < 4.78 is 0. The molecular formula is C14H21N3. The van der Waals surface area contributed by atoms with Crippen LogP contribution in [0.2, 0.25) is 0 Å². The minimum Gasteiger partial charge on any atom is -0.373 e. The van der Waals surface area contributed by atoms with Crippen LogP contribution >= 0.6 is 0 Å². The van der Waals surface area contributed by atoms with Crippen molar-refractivity contribution in [2.45, 2.75) is 25.7 Å². The lowest BCUT2D eigenvalue weighted by Crippen LogP contribution is -2.38. The van der Waals surface area contributed by atoms with Crippen LogP contribution in [0.4, 0.5) is 5.82 Å². The van der Waals surface area contributed by atoms with E-state index >= 15 is 0 Å². The van der Waals surface area contributed by atoms with Gasteiger partial charge in [-0.1, -0.05) is 6.07 Å². The van der Waals surface area contributed by atoms with Crippen molar-refractivity contribution in [3.63, 3.8) is 0 Å². The van der Waals surface area contributed by atoms with Gasteiger partial charge in [0.1, 0.15) is 5.82 Å². The molecule has 2 heterocycles. The molecule has 0 saturated carbocycles. The van der Waals surface area contributed by atoms with E-state index in [-0.39, 0.29) is 0 Å². The highest BCUT2D eigenvalue weighted by molar-refractivity contribution is 5.41. The third kappa shape index (κ3) is 1.93. The second-order valence-electron chi connectivity index (χ2n) is 5.71. The molecule has 1 aliphatic carbocycles. The molecule has 1 fully saturated rings. The van der Waals surface area contributed by atoms with Crippen LogP contribution in [0, 0.1) is 5.41 Å². The van der Waals surface area contributed by atoms with Gasteiger partial charge in [-0.05, 0) is 62.9 Å². The predicted octanol–water partition coefficient (Wildman–Crippen LogP) is 1.93. The summed E-state index contributed by atoms with van der Waals surface area (Å²) in [6, 6.07) is 4.37. The number of pyridine rings is 1. The molecule has 0 aromatic carbocycles. The van der Waals surface area contributed by atoms with E-state index in [1.165, 1.54) is 50.0 Å². The second-order valence-corrected chi connectivity index (χ2v) is 5.71. The van der Waals surface area contributed by atoms with Crippen LogP contribution in [-0.4, -0.2) is 37.1 Å². The van der Waals surface area contributed by atoms with Gasteiger partial charge in [-0.3, -0.25) is 0 Å². The predicted molar refractivity (Wildman–Crippen MR) is 70.4 cm³/mol. The summed E-state index contributed by atoms with van der Waals surface area (Å²) in [5.41, 5.74) is 3.34. The topological polar surface area (TPSA) is 28.2 Å². The number of hydrogen-bond donors (Lipinski definition) is 1. The molecule has 0 bridgehead atoms. The van der Waals surface area contributed by atoms with Gasteiger partial charge >= 0.3 is 0 Å². The summed E-state index contributed by atoms with van der Waals surface area (Å²) in [6.07, 6.45) is 5.09. The molecule has 1 N–H and O–H groups in total. The van der Waals surface area contributed by atoms with Crippen LogP contribution in [0.1, 0.15) is 24.1 Å². The van der Waals surface area contributed by atoms with Crippen molar-refractivity contribution in [2.75, 3.05) is 32.5 Å². The zero-order chi connectivity index (χ0) is 11.9. The highest BCUT2D eigenvalue weighted by atomic mass is 15.1. The van der Waals surface area contributed by atoms with Crippen molar-refractivity contribution < 1.29 is 0 Å². The van der Waals surface area contributed by atoms with Gasteiger partial charge in [0, 0.05) is 12.7 Å². The van der Waals surface area contributed by atoms with Gasteiger partial charge < -0.3 is 10.2 Å². The van der Waals surface area contributed by atoms with Crippen LogP contribution in [-0.2, 0) is 12.8 Å². The monoisotopic (exact) mass is 231 g/mol. The van der Waals surface area contributed by atoms with Crippen LogP contribution in [0.3, 0.4) is 0 Å². The Kier molecular flexibility index (Phi) is 2.58. The number of likely N-dealkylation sites (tertiary alicyclic amines) is 1. The molecule has 3 nitrogen and oxygen atoms in total. The first kappa shape index (κ1) is 11.0. The molecule has 0 atom stereocenters. The highest BCUT2D eigenvalue weighted by Crippen LogP contribution is 2.43. The van der Waals surface area contributed by atoms with Gasteiger partial charge in [0.2, 0.25) is 0 Å². The maximum atomic E-state index is 4.72. The first-order valence-corrected chi connectivity index (χ1v) is 6.56. The molecule has 1 aromatic heterocycles. The number of nitrogens with zero attached hydrogens (tertiary/aromatic N) is 2. The Balaban J connectivity index is 1.82. The van der Waals surface area contributed by atoms with Crippen molar-refractivity contribution in [1.29, 1.82) is 0 Å². The highest BCUT2D eigenvalue weighted by Gasteiger charge is 2.39. The zero-order valence-corrected chi connectivity index (χ0v) is 10.8. The summed E-state index contributed by atoms with van der Waals surface area (Å²) >= 11 is 0. The molecule has 17 heavy (non-hydrogen) atoms. The largest absolute Gasteiger partial charge is 0.373 e. The quantitative estimate of drug-likeness (QED) is 0.800. The molecule has 1 saturated heterocycles. The van der Waals surface area contributed by atoms with Crippen LogP contribution in [0.5, 0.6) is 0 Å². The Labute approximate surface area is 103 Å². The van der Waals surface area contributed by atoms with E-state index < -0.39 is 0 Å². The van der Waals surface area contributed by atoms with E-state index in [0.717, 1.165) is 5.82 Å². The summed E-state index contributed by atoms with van der Waals surface area (Å²) in [6.45, 7) is 2.49. The Hall–Kier alpha value is -1.09. The average Bonchev–Trinajstić information content (AvgIpc) is 2.70. The Morgan fingerprint density at radius 2 is 2.00 bits per heavy atom. The fourth-order valence-electron chi connectivity index (χ4n) is 3.25. The lowest BCUT2D eigenvalue weighted by molar-refractivity contribution is 0.131. The molecule has 3 heteroatoms. The van der Waals surface area contributed by atoms with E-state index in [2.05, 4.69) is 29.4 Å². The Morgan fingerprint density at radius 1 is 1.24 bits per heavy atom. The molecule has 1 aromatic rings. The van der Waals surface area contributed by atoms with Gasteiger partial charge in [0.05, 0.1) is 0 Å². The van der Waals surface area contributed by atoms with E-state index in [1.54, 1.807) is 0 Å². The van der Waals surface area contributed by atoms with Crippen molar-refractivity contribution in [2.24, 2.45) is 5.41 Å². The average molecular weight is 231 g/mol. The number of rotatable bonds is 1. The summed E-state index contributed by atoms with van der Waals surface area (Å²) in [4.78, 5) is 7.16. The molecule has 3 rings (SSSR count). The molecule has 1 spiro atoms. The molecule has 1 aliphatic heterocycles. The minimum absolute atomic E-state index is 0.522. The summed E-state index contributed by atoms with van der Waals surface area (Å²) in [7, 11) is 4.17. The smallest absolute Gasteiger partial charge is 0.125 e. The number of aromatic nitrogens is 1. The van der Waals surface area contributed by atoms with Crippen molar-refractivity contribution in [3.05, 3.63) is 23.4 Å². The molecule has 0 amide bonds. The number of fused-ring (bicyclic) bond motifs is 1. The second kappa shape index (κ2) is 3.98. The normalized spacial score (nSPS) is 22.7. The maximum absolute atomic E-state index is 4.72. The summed E-state index contributed by atoms with van der Waals surface area (Å²) in [5.74, 6) is 1.01. The van der Waals surface area contributed by atoms with Gasteiger partial charge in [-0.25, -0.2) is 4.98 Å². The SMILES string of the molecule is CNc1ccc2c(n1)CC1(CCN(C)CC1)C2. The van der Waals surface area contributed by atoms with Crippen molar-refractivity contribution >= 4 is 5.82 Å². The van der Waals surface area contributed by atoms with Crippen molar-refractivity contribution in [1.82, 2.24) is 9.88 Å². The minimum atomic E-state index is 0.522. The van der Waals surface area contributed by atoms with Crippen LogP contribution in [0.15, 0.2) is 12.1 Å². The van der Waals surface area contributed by atoms with E-state index in [9.17, 15) is 0 Å². The summed E-state index contributed by atoms with van der Waals surface area (Å²) in [5, 5.41) is 3.14. The van der Waals surface area contributed by atoms with Gasteiger partial charge in [-0.15, -0.1) is 0 Å². The number of anilines is 1. The van der Waals surface area contributed by atoms with Gasteiger partial charge in [0.15, 0.2) is 0 Å². The Morgan fingerprint density at radius 3 is 2.71 bits per heavy atom. The lowest BCUT2D eigenvalue weighted by Gasteiger charge is -2.37. The fraction of sp³-hybridized carbons (Fsp3) is 0.643. The fourth-order valence-corrected chi connectivity index (χ4v) is 3.25. The zero-order valence-electron chi connectivity index (χ0n) is 10.8. The van der Waals surface area contributed by atoms with Crippen molar-refractivity contribution in [3.8, 4) is 0 Å². The lowest BCUT2D eigenvalue weighted by atomic mass is 9.76. The molecule has 92 valence electrons. The first-order chi connectivity index (χ1) is 8.21. The van der Waals surface area contributed by atoms with Gasteiger partial charge in [0.25, 0.3) is 0 Å². The Bertz CT molecular complexity index is 419. The van der Waals surface area contributed by atoms with Crippen LogP contribution < -0.4 is 5.32 Å². The molecule has 0 radical (unpaired) electrons.